The molecule has 0 spiro atoms. The van der Waals surface area contributed by atoms with E-state index in [9.17, 15) is 49.7 Å². The highest BCUT2D eigenvalue weighted by molar-refractivity contribution is 7.47. The summed E-state index contributed by atoms with van der Waals surface area (Å²) >= 11 is 0. The predicted molar refractivity (Wildman–Crippen MR) is 259 cm³/mol. The van der Waals surface area contributed by atoms with E-state index in [0.29, 0.717) is 25.7 Å². The number of rotatable bonds is 39. The van der Waals surface area contributed by atoms with Gasteiger partial charge in [0.2, 0.25) is 0 Å². The molecule has 1 saturated carbocycles. The smallest absolute Gasteiger partial charge is 0.462 e. The summed E-state index contributed by atoms with van der Waals surface area (Å²) in [5, 5.41) is 60.1. The average Bonchev–Trinajstić information content (AvgIpc) is 3.29. The standard InChI is InChI=1S/C51H85O14P/c1-3-5-7-8-9-10-11-12-13-14-15-18-22-25-28-31-35-39-45(54)64-43(41-63-66(60,61)65-51-49(58)47(56)46(55)48(57)50(51)59)40-62-44(53)38-34-30-27-24-21-19-16-17-20-23-26-29-33-37-42(52)36-32-6-4-2/h6,12-13,17,19-21,26-27,29-30,32-33,37,42-43,46-52,55-59H,3-5,7-11,14-16,18,22-25,28,31,34-36,38-41H2,1-2H3,(H,60,61)/b13-12-,20-17-,21-19-,29-26+,30-27-,32-6-,37-33+/t42?,43-,46?,47-,48+,49-,50-,51?/m1/s1. The Morgan fingerprint density at radius 2 is 1.08 bits per heavy atom. The van der Waals surface area contributed by atoms with Gasteiger partial charge in [-0.2, -0.15) is 0 Å². The van der Waals surface area contributed by atoms with Gasteiger partial charge in [-0.3, -0.25) is 18.6 Å². The number of aliphatic hydroxyl groups is 6. The van der Waals surface area contributed by atoms with Crippen LogP contribution in [-0.4, -0.2) is 110 Å². The Kier molecular flexibility index (Phi) is 36.9. The zero-order valence-corrected chi connectivity index (χ0v) is 40.7. The highest BCUT2D eigenvalue weighted by Gasteiger charge is 2.51. The van der Waals surface area contributed by atoms with Gasteiger partial charge in [-0.05, 0) is 70.6 Å². The molecular weight excluding hydrogens is 868 g/mol. The molecule has 0 aromatic heterocycles. The number of ether oxygens (including phenoxy) is 2. The van der Waals surface area contributed by atoms with E-state index in [1.165, 1.54) is 38.5 Å². The van der Waals surface area contributed by atoms with E-state index < -0.39 is 81.8 Å². The zero-order chi connectivity index (χ0) is 48.7. The van der Waals surface area contributed by atoms with Crippen molar-refractivity contribution in [1.29, 1.82) is 0 Å². The molecule has 0 bridgehead atoms. The van der Waals surface area contributed by atoms with Crippen LogP contribution in [-0.2, 0) is 32.7 Å². The number of phosphoric acid groups is 1. The summed E-state index contributed by atoms with van der Waals surface area (Å²) in [4.78, 5) is 35.7. The maximum absolute atomic E-state index is 12.8. The number of hydrogen-bond donors (Lipinski definition) is 7. The van der Waals surface area contributed by atoms with E-state index in [1.807, 2.05) is 54.7 Å². The van der Waals surface area contributed by atoms with Crippen LogP contribution in [0.1, 0.15) is 162 Å². The number of aliphatic hydroxyl groups excluding tert-OH is 6. The third-order valence-corrected chi connectivity index (χ3v) is 11.8. The van der Waals surface area contributed by atoms with Gasteiger partial charge in [0.1, 0.15) is 43.2 Å². The van der Waals surface area contributed by atoms with Crippen LogP contribution in [0.2, 0.25) is 0 Å². The molecule has 378 valence electrons. The highest BCUT2D eigenvalue weighted by atomic mass is 31.2. The molecule has 0 aliphatic heterocycles. The van der Waals surface area contributed by atoms with Crippen molar-refractivity contribution in [3.8, 4) is 0 Å². The number of carbonyl (C=O) groups excluding carboxylic acids is 2. The van der Waals surface area contributed by atoms with Gasteiger partial charge < -0.3 is 45.0 Å². The Labute approximate surface area is 395 Å². The molecule has 0 radical (unpaired) electrons. The number of phosphoric ester groups is 1. The van der Waals surface area contributed by atoms with Crippen molar-refractivity contribution in [2.24, 2.45) is 0 Å². The molecule has 1 aliphatic rings. The Hall–Kier alpha value is -3.01. The van der Waals surface area contributed by atoms with Crippen molar-refractivity contribution in [2.45, 2.75) is 210 Å². The molecule has 1 rings (SSSR count). The third-order valence-electron chi connectivity index (χ3n) is 10.8. The fraction of sp³-hybridized carbons (Fsp3) is 0.686. The van der Waals surface area contributed by atoms with Crippen LogP contribution in [0, 0.1) is 0 Å². The first-order valence-electron chi connectivity index (χ1n) is 24.5. The van der Waals surface area contributed by atoms with Crippen LogP contribution in [0.3, 0.4) is 0 Å². The van der Waals surface area contributed by atoms with Crippen molar-refractivity contribution in [3.05, 3.63) is 85.1 Å². The van der Waals surface area contributed by atoms with Crippen LogP contribution < -0.4 is 0 Å². The molecule has 7 N–H and O–H groups in total. The minimum absolute atomic E-state index is 0.0214. The monoisotopic (exact) mass is 953 g/mol. The van der Waals surface area contributed by atoms with Crippen molar-refractivity contribution in [1.82, 2.24) is 0 Å². The molecule has 0 aromatic rings. The summed E-state index contributed by atoms with van der Waals surface area (Å²) in [6, 6.07) is 0. The van der Waals surface area contributed by atoms with Gasteiger partial charge in [-0.1, -0.05) is 163 Å². The number of unbranched alkanes of at least 4 members (excludes halogenated alkanes) is 13. The van der Waals surface area contributed by atoms with E-state index in [-0.39, 0.29) is 12.8 Å². The second-order valence-electron chi connectivity index (χ2n) is 16.8. The van der Waals surface area contributed by atoms with Crippen LogP contribution in [0.4, 0.5) is 0 Å². The fourth-order valence-corrected chi connectivity index (χ4v) is 7.83. The molecular formula is C51H85O14P. The summed E-state index contributed by atoms with van der Waals surface area (Å²) in [6.07, 6.45) is 35.4. The summed E-state index contributed by atoms with van der Waals surface area (Å²) < 4.78 is 33.5. The summed E-state index contributed by atoms with van der Waals surface area (Å²) in [6.45, 7) is 3.02. The van der Waals surface area contributed by atoms with E-state index in [4.69, 9.17) is 18.5 Å². The van der Waals surface area contributed by atoms with E-state index in [0.717, 1.165) is 70.6 Å². The lowest BCUT2D eigenvalue weighted by Gasteiger charge is -2.41. The number of esters is 2. The maximum Gasteiger partial charge on any atom is 0.472 e. The first-order chi connectivity index (χ1) is 31.8. The molecule has 4 unspecified atom stereocenters. The minimum Gasteiger partial charge on any atom is -0.462 e. The molecule has 0 saturated heterocycles. The zero-order valence-electron chi connectivity index (χ0n) is 39.8. The van der Waals surface area contributed by atoms with Gasteiger partial charge in [0.05, 0.1) is 12.7 Å². The summed E-state index contributed by atoms with van der Waals surface area (Å²) in [7, 11) is -5.15. The van der Waals surface area contributed by atoms with Gasteiger partial charge in [0.15, 0.2) is 6.10 Å². The van der Waals surface area contributed by atoms with Crippen LogP contribution in [0.5, 0.6) is 0 Å². The van der Waals surface area contributed by atoms with E-state index in [1.54, 1.807) is 6.08 Å². The molecule has 1 fully saturated rings. The Balaban J connectivity index is 2.51. The molecule has 0 amide bonds. The summed E-state index contributed by atoms with van der Waals surface area (Å²) in [5.41, 5.74) is 0. The Morgan fingerprint density at radius 1 is 0.561 bits per heavy atom. The minimum atomic E-state index is -5.15. The topological polar surface area (TPSA) is 230 Å². The second kappa shape index (κ2) is 39.9. The van der Waals surface area contributed by atoms with Gasteiger partial charge >= 0.3 is 19.8 Å². The maximum atomic E-state index is 12.8. The molecule has 9 atom stereocenters. The molecule has 0 aromatic carbocycles. The van der Waals surface area contributed by atoms with Crippen LogP contribution >= 0.6 is 7.82 Å². The van der Waals surface area contributed by atoms with E-state index >= 15 is 0 Å². The van der Waals surface area contributed by atoms with Gasteiger partial charge in [-0.15, -0.1) is 0 Å². The van der Waals surface area contributed by atoms with Gasteiger partial charge in [0.25, 0.3) is 0 Å². The Morgan fingerprint density at radius 3 is 1.67 bits per heavy atom. The summed E-state index contributed by atoms with van der Waals surface area (Å²) in [5.74, 6) is -1.23. The lowest BCUT2D eigenvalue weighted by molar-refractivity contribution is -0.220. The largest absolute Gasteiger partial charge is 0.472 e. The lowest BCUT2D eigenvalue weighted by Crippen LogP contribution is -2.64. The van der Waals surface area contributed by atoms with Crippen LogP contribution in [0.15, 0.2) is 85.1 Å². The van der Waals surface area contributed by atoms with Crippen molar-refractivity contribution >= 4 is 19.8 Å². The molecule has 66 heavy (non-hydrogen) atoms. The molecule has 15 heteroatoms. The fourth-order valence-electron chi connectivity index (χ4n) is 6.86. The highest BCUT2D eigenvalue weighted by Crippen LogP contribution is 2.47. The average molecular weight is 953 g/mol. The van der Waals surface area contributed by atoms with Crippen molar-refractivity contribution in [3.63, 3.8) is 0 Å². The van der Waals surface area contributed by atoms with Crippen molar-refractivity contribution < 1.29 is 68.2 Å². The third kappa shape index (κ3) is 31.9. The van der Waals surface area contributed by atoms with Crippen molar-refractivity contribution in [2.75, 3.05) is 13.2 Å². The predicted octanol–water partition coefficient (Wildman–Crippen LogP) is 9.03. The Bertz CT molecular complexity index is 1490. The number of allylic oxidation sites excluding steroid dienone is 12. The molecule has 14 nitrogen and oxygen atoms in total. The number of hydrogen-bond acceptors (Lipinski definition) is 13. The quantitative estimate of drug-likeness (QED) is 0.0100. The normalized spacial score (nSPS) is 22.5. The first kappa shape index (κ1) is 61.0. The van der Waals surface area contributed by atoms with Gasteiger partial charge in [-0.25, -0.2) is 4.57 Å². The molecule has 1 aliphatic carbocycles. The first-order valence-corrected chi connectivity index (χ1v) is 26.0. The second-order valence-corrected chi connectivity index (χ2v) is 18.2. The number of carbonyl (C=O) groups is 2. The SMILES string of the molecule is CC/C=C\CC(O)/C=C/C=C/C/C=C\C/C=C\C/C=C\CCC(=O)OC[C@H](COP(=O)(O)OC1[C@H](O)[C@H](O)C(O)[C@H](O)[C@H]1O)OC(=O)CCCCCCCCC/C=C\CCCCCCCC. The molecule has 0 heterocycles. The van der Waals surface area contributed by atoms with Crippen LogP contribution in [0.25, 0.3) is 0 Å². The van der Waals surface area contributed by atoms with Gasteiger partial charge in [0, 0.05) is 12.8 Å². The lowest BCUT2D eigenvalue weighted by atomic mass is 9.85. The van der Waals surface area contributed by atoms with E-state index in [2.05, 4.69) is 38.2 Å².